The fraction of sp³-hybridized carbons (Fsp3) is 0.511. The summed E-state index contributed by atoms with van der Waals surface area (Å²) in [4.78, 5) is 17.9. The van der Waals surface area contributed by atoms with Crippen LogP contribution in [0.4, 0.5) is 0 Å². The SMILES string of the molecule is C[C@]12CC[C@H]3[C@]4(C=C[C@@]5(C=C4C(=O)c4ccccc4-c4ccccc4)CC(O)CC[C@]35C)[C@@H]1CC[C@@]2(O)CN1CCC(Cc2ccccc2)CC1. The van der Waals surface area contributed by atoms with Crippen LogP contribution in [0.15, 0.2) is 109 Å². The van der Waals surface area contributed by atoms with Gasteiger partial charge < -0.3 is 15.1 Å². The molecule has 51 heavy (non-hydrogen) atoms. The van der Waals surface area contributed by atoms with E-state index in [0.29, 0.717) is 18.3 Å². The van der Waals surface area contributed by atoms with Gasteiger partial charge in [-0.15, -0.1) is 0 Å². The Bertz CT molecular complexity index is 1860. The van der Waals surface area contributed by atoms with Crippen molar-refractivity contribution in [3.63, 3.8) is 0 Å². The van der Waals surface area contributed by atoms with Gasteiger partial charge in [0.25, 0.3) is 0 Å². The predicted molar refractivity (Wildman–Crippen MR) is 204 cm³/mol. The third-order valence-corrected chi connectivity index (χ3v) is 15.8. The number of carbonyl (C=O) groups excluding carboxylic acids is 1. The number of ketones is 1. The van der Waals surface area contributed by atoms with E-state index in [1.54, 1.807) is 0 Å². The average Bonchev–Trinajstić information content (AvgIpc) is 3.42. The third kappa shape index (κ3) is 4.92. The Morgan fingerprint density at radius 3 is 2.18 bits per heavy atom. The molecule has 8 atom stereocenters. The molecule has 1 aliphatic heterocycles. The van der Waals surface area contributed by atoms with E-state index in [4.69, 9.17) is 0 Å². The van der Waals surface area contributed by atoms with Crippen LogP contribution in [0.25, 0.3) is 11.1 Å². The Hall–Kier alpha value is -3.31. The molecule has 7 aliphatic rings. The number of nitrogens with zero attached hydrogens (tertiary/aromatic N) is 1. The number of aliphatic hydroxyl groups is 2. The fourth-order valence-corrected chi connectivity index (χ4v) is 13.0. The largest absolute Gasteiger partial charge is 0.393 e. The molecule has 4 fully saturated rings. The number of fused-ring (bicyclic) bond motifs is 1. The van der Waals surface area contributed by atoms with Crippen LogP contribution in [0.1, 0.15) is 87.6 Å². The highest BCUT2D eigenvalue weighted by Crippen LogP contribution is 2.78. The van der Waals surface area contributed by atoms with E-state index < -0.39 is 11.0 Å². The molecule has 2 N–H and O–H groups in total. The molecule has 2 bridgehead atoms. The van der Waals surface area contributed by atoms with E-state index in [1.807, 2.05) is 36.4 Å². The summed E-state index contributed by atoms with van der Waals surface area (Å²) in [6.07, 6.45) is 16.5. The first-order valence-corrected chi connectivity index (χ1v) is 19.9. The molecule has 266 valence electrons. The van der Waals surface area contributed by atoms with Gasteiger partial charge in [0.05, 0.1) is 11.7 Å². The Morgan fingerprint density at radius 2 is 1.41 bits per heavy atom. The third-order valence-electron chi connectivity index (χ3n) is 15.8. The fourth-order valence-electron chi connectivity index (χ4n) is 13.0. The maximum absolute atomic E-state index is 15.4. The van der Waals surface area contributed by atoms with Gasteiger partial charge in [0.1, 0.15) is 0 Å². The van der Waals surface area contributed by atoms with E-state index >= 15 is 4.79 Å². The number of benzene rings is 3. The summed E-state index contributed by atoms with van der Waals surface area (Å²) < 4.78 is 0. The number of piperidine rings is 1. The topological polar surface area (TPSA) is 60.8 Å². The predicted octanol–water partition coefficient (Wildman–Crippen LogP) is 9.08. The minimum absolute atomic E-state index is 0.0353. The lowest BCUT2D eigenvalue weighted by molar-refractivity contribution is -0.177. The number of Topliss-reactive ketones (excluding diaryl/α,β-unsaturated/α-hetero) is 1. The maximum atomic E-state index is 15.4. The smallest absolute Gasteiger partial charge is 0.190 e. The summed E-state index contributed by atoms with van der Waals surface area (Å²) in [6.45, 7) is 7.66. The number of likely N-dealkylation sites (tertiary alicyclic amines) is 1. The quantitative estimate of drug-likeness (QED) is 0.193. The molecule has 3 aromatic rings. The van der Waals surface area contributed by atoms with E-state index in [1.165, 1.54) is 18.4 Å². The lowest BCUT2D eigenvalue weighted by Crippen LogP contribution is -2.67. The maximum Gasteiger partial charge on any atom is 0.190 e. The second-order valence-corrected chi connectivity index (χ2v) is 18.0. The number of β-amino-alcohol motifs (C(OH)–C–C–N with tert-alkyl or cyclic N) is 1. The Labute approximate surface area is 304 Å². The minimum atomic E-state index is -0.802. The number of hydrogen-bond donors (Lipinski definition) is 2. The summed E-state index contributed by atoms with van der Waals surface area (Å²) in [6, 6.07) is 29.3. The van der Waals surface area contributed by atoms with Gasteiger partial charge >= 0.3 is 0 Å². The summed E-state index contributed by atoms with van der Waals surface area (Å²) >= 11 is 0. The molecule has 1 heterocycles. The van der Waals surface area contributed by atoms with Crippen molar-refractivity contribution in [3.8, 4) is 11.1 Å². The molecular weight excluding hydrogens is 627 g/mol. The van der Waals surface area contributed by atoms with E-state index in [0.717, 1.165) is 86.8 Å². The zero-order valence-corrected chi connectivity index (χ0v) is 30.6. The molecule has 3 saturated carbocycles. The monoisotopic (exact) mass is 681 g/mol. The van der Waals surface area contributed by atoms with Crippen molar-refractivity contribution in [2.45, 2.75) is 89.8 Å². The van der Waals surface area contributed by atoms with E-state index in [-0.39, 0.29) is 34.1 Å². The summed E-state index contributed by atoms with van der Waals surface area (Å²) in [5.74, 6) is 1.29. The zero-order valence-electron chi connectivity index (χ0n) is 30.6. The van der Waals surface area contributed by atoms with Crippen molar-refractivity contribution in [3.05, 3.63) is 120 Å². The van der Waals surface area contributed by atoms with Crippen LogP contribution < -0.4 is 0 Å². The molecule has 4 heteroatoms. The minimum Gasteiger partial charge on any atom is -0.393 e. The van der Waals surface area contributed by atoms with Gasteiger partial charge in [-0.3, -0.25) is 4.79 Å². The molecule has 3 aromatic carbocycles. The molecule has 1 unspecified atom stereocenters. The van der Waals surface area contributed by atoms with Gasteiger partial charge in [-0.1, -0.05) is 117 Å². The standard InChI is InChI=1S/C47H55NO3/c1-43-22-17-36(49)30-45(43)25-26-47(39(31-45)42(50)38-16-10-9-15-37(38)35-13-7-4-8-14-35)40(43)18-23-44(2)41(47)19-24-46(44,51)32-48-27-20-34(21-28-48)29-33-11-5-3-6-12-33/h3-16,25-26,31,34,36,40-41,49,51H,17-24,27-30,32H2,1-2H3/t36?,40-,41-,43-,44+,45+,46-,47-/m1/s1. The van der Waals surface area contributed by atoms with Gasteiger partial charge in [-0.2, -0.15) is 0 Å². The first kappa shape index (κ1) is 33.5. The average molecular weight is 682 g/mol. The molecule has 6 aliphatic carbocycles. The van der Waals surface area contributed by atoms with Crippen molar-refractivity contribution in [1.82, 2.24) is 4.90 Å². The number of aliphatic hydroxyl groups excluding tert-OH is 1. The highest BCUT2D eigenvalue weighted by molar-refractivity contribution is 6.14. The normalized spacial score (nSPS) is 38.8. The summed E-state index contributed by atoms with van der Waals surface area (Å²) in [7, 11) is 0. The molecule has 2 spiro atoms. The van der Waals surface area contributed by atoms with Crippen LogP contribution in [0.3, 0.4) is 0 Å². The molecule has 10 rings (SSSR count). The Balaban J connectivity index is 1.07. The molecule has 0 amide bonds. The number of rotatable bonds is 7. The van der Waals surface area contributed by atoms with Crippen LogP contribution in [0, 0.1) is 39.4 Å². The molecule has 0 radical (unpaired) electrons. The number of hydrogen-bond acceptors (Lipinski definition) is 4. The van der Waals surface area contributed by atoms with Crippen LogP contribution in [-0.2, 0) is 6.42 Å². The van der Waals surface area contributed by atoms with Gasteiger partial charge in [0, 0.05) is 33.9 Å². The number of allylic oxidation sites excluding steroid dienone is 4. The second kappa shape index (κ2) is 12.1. The van der Waals surface area contributed by atoms with E-state index in [9.17, 15) is 10.2 Å². The highest BCUT2D eigenvalue weighted by Gasteiger charge is 2.74. The molecule has 1 saturated heterocycles. The van der Waals surface area contributed by atoms with Crippen LogP contribution in [0.5, 0.6) is 0 Å². The van der Waals surface area contributed by atoms with Crippen LogP contribution in [-0.4, -0.2) is 52.2 Å². The van der Waals surface area contributed by atoms with Crippen molar-refractivity contribution in [2.75, 3.05) is 19.6 Å². The summed E-state index contributed by atoms with van der Waals surface area (Å²) in [5.41, 5.74) is 3.23. The zero-order chi connectivity index (χ0) is 35.1. The van der Waals surface area contributed by atoms with Crippen molar-refractivity contribution in [1.29, 1.82) is 0 Å². The van der Waals surface area contributed by atoms with Crippen LogP contribution >= 0.6 is 0 Å². The Kier molecular flexibility index (Phi) is 7.96. The van der Waals surface area contributed by atoms with Crippen LogP contribution in [0.2, 0.25) is 0 Å². The lowest BCUT2D eigenvalue weighted by atomic mass is 9.32. The van der Waals surface area contributed by atoms with Crippen molar-refractivity contribution in [2.24, 2.45) is 39.4 Å². The van der Waals surface area contributed by atoms with E-state index in [2.05, 4.69) is 85.5 Å². The second-order valence-electron chi connectivity index (χ2n) is 18.0. The summed E-state index contributed by atoms with van der Waals surface area (Å²) in [5, 5.41) is 24.1. The van der Waals surface area contributed by atoms with Crippen molar-refractivity contribution < 1.29 is 15.0 Å². The lowest BCUT2D eigenvalue weighted by Gasteiger charge is -2.71. The first-order valence-electron chi connectivity index (χ1n) is 19.9. The van der Waals surface area contributed by atoms with Gasteiger partial charge in [-0.25, -0.2) is 0 Å². The molecule has 4 nitrogen and oxygen atoms in total. The molecule has 0 aromatic heterocycles. The Morgan fingerprint density at radius 1 is 0.765 bits per heavy atom. The van der Waals surface area contributed by atoms with Gasteiger partial charge in [0.15, 0.2) is 5.78 Å². The van der Waals surface area contributed by atoms with Gasteiger partial charge in [0.2, 0.25) is 0 Å². The first-order chi connectivity index (χ1) is 24.6. The number of carbonyl (C=O) groups is 1. The van der Waals surface area contributed by atoms with Crippen molar-refractivity contribution >= 4 is 5.78 Å². The molecular formula is C47H55NO3. The highest BCUT2D eigenvalue weighted by atomic mass is 16.3. The van der Waals surface area contributed by atoms with Gasteiger partial charge in [-0.05, 0) is 117 Å².